The molecule has 4 aromatic carbocycles. The molecule has 1 aromatic heterocycles. The van der Waals surface area contributed by atoms with E-state index in [1.807, 2.05) is 6.07 Å². The molecular weight excluding hydrogens is 422 g/mol. The van der Waals surface area contributed by atoms with E-state index in [1.54, 1.807) is 0 Å². The van der Waals surface area contributed by atoms with Gasteiger partial charge >= 0.3 is 0 Å². The Morgan fingerprint density at radius 1 is 0.429 bits per heavy atom. The van der Waals surface area contributed by atoms with Crippen LogP contribution in [0.5, 0.6) is 0 Å². The predicted molar refractivity (Wildman–Crippen MR) is 150 cm³/mol. The number of pyridine rings is 1. The first-order chi connectivity index (χ1) is 17.0. The van der Waals surface area contributed by atoms with E-state index in [0.29, 0.717) is 0 Å². The Kier molecular flexibility index (Phi) is 6.09. The van der Waals surface area contributed by atoms with Gasteiger partial charge in [-0.05, 0) is 96.3 Å². The molecule has 0 bridgehead atoms. The summed E-state index contributed by atoms with van der Waals surface area (Å²) in [5.41, 5.74) is 16.3. The zero-order valence-electron chi connectivity index (χ0n) is 21.2. The van der Waals surface area contributed by atoms with Gasteiger partial charge in [0.1, 0.15) is 0 Å². The molecule has 0 atom stereocenters. The minimum Gasteiger partial charge on any atom is -0.256 e. The molecule has 0 fully saturated rings. The van der Waals surface area contributed by atoms with Crippen molar-refractivity contribution in [2.75, 3.05) is 0 Å². The minimum atomic E-state index is 0.986. The largest absolute Gasteiger partial charge is 0.256 e. The van der Waals surface area contributed by atoms with Crippen LogP contribution in [-0.4, -0.2) is 4.98 Å². The van der Waals surface area contributed by atoms with Crippen molar-refractivity contribution in [3.05, 3.63) is 125 Å². The molecule has 0 aliphatic rings. The summed E-state index contributed by atoms with van der Waals surface area (Å²) in [4.78, 5) is 4.94. The monoisotopic (exact) mass is 453 g/mol. The highest BCUT2D eigenvalue weighted by molar-refractivity contribution is 5.94. The lowest BCUT2D eigenvalue weighted by atomic mass is 9.83. The molecule has 0 N–H and O–H groups in total. The van der Waals surface area contributed by atoms with Crippen LogP contribution in [0.4, 0.5) is 0 Å². The van der Waals surface area contributed by atoms with Gasteiger partial charge in [0.2, 0.25) is 0 Å². The van der Waals surface area contributed by atoms with Gasteiger partial charge in [0.15, 0.2) is 0 Å². The molecule has 0 aliphatic heterocycles. The van der Waals surface area contributed by atoms with Crippen LogP contribution in [0.2, 0.25) is 0 Å². The first kappa shape index (κ1) is 22.8. The molecule has 0 aliphatic carbocycles. The van der Waals surface area contributed by atoms with Crippen molar-refractivity contribution in [2.24, 2.45) is 0 Å². The summed E-state index contributed by atoms with van der Waals surface area (Å²) in [5.74, 6) is 0. The van der Waals surface area contributed by atoms with E-state index in [1.165, 1.54) is 55.6 Å². The summed E-state index contributed by atoms with van der Waals surface area (Å²) in [6.45, 7) is 11.2. The Balaban J connectivity index is 1.79. The molecule has 0 spiro atoms. The Bertz CT molecular complexity index is 1480. The summed E-state index contributed by atoms with van der Waals surface area (Å²) in [6, 6.07) is 32.1. The molecule has 0 radical (unpaired) electrons. The topological polar surface area (TPSA) is 12.9 Å². The first-order valence-corrected chi connectivity index (χ1v) is 12.2. The van der Waals surface area contributed by atoms with E-state index in [9.17, 15) is 0 Å². The number of aromatic nitrogens is 1. The summed E-state index contributed by atoms with van der Waals surface area (Å²) in [6.07, 6.45) is 2.06. The molecule has 0 saturated carbocycles. The molecule has 1 heteroatoms. The smallest absolute Gasteiger partial charge is 0.0708 e. The van der Waals surface area contributed by atoms with Gasteiger partial charge in [0.05, 0.1) is 5.69 Å². The highest BCUT2D eigenvalue weighted by Gasteiger charge is 2.19. The third-order valence-electron chi connectivity index (χ3n) is 7.54. The highest BCUT2D eigenvalue weighted by atomic mass is 14.7. The molecule has 0 unspecified atom stereocenters. The van der Waals surface area contributed by atoms with Crippen LogP contribution < -0.4 is 0 Å². The molecular formula is C34H31N. The summed E-state index contributed by atoms with van der Waals surface area (Å²) in [7, 11) is 0. The van der Waals surface area contributed by atoms with Crippen LogP contribution >= 0.6 is 0 Å². The van der Waals surface area contributed by atoms with Crippen LogP contribution in [0, 0.1) is 34.6 Å². The third kappa shape index (κ3) is 4.08. The van der Waals surface area contributed by atoms with E-state index >= 15 is 0 Å². The predicted octanol–water partition coefficient (Wildman–Crippen LogP) is 9.29. The summed E-state index contributed by atoms with van der Waals surface area (Å²) in [5, 5.41) is 0. The number of hydrogen-bond acceptors (Lipinski definition) is 1. The zero-order chi connectivity index (χ0) is 24.5. The molecule has 35 heavy (non-hydrogen) atoms. The standard InChI is InChI=1S/C34H31N/c1-22-23(2)25(4)34(26(5)24(22)3)30-19-13-12-18-29(30)32-21-35-33(28-16-10-7-11-17-28)20-31(32)27-14-8-6-9-15-27/h6-21H,1-5H3. The Hall–Kier alpha value is -3.97. The first-order valence-electron chi connectivity index (χ1n) is 12.2. The maximum absolute atomic E-state index is 4.94. The minimum absolute atomic E-state index is 0.986. The maximum atomic E-state index is 4.94. The number of hydrogen-bond donors (Lipinski definition) is 0. The second-order valence-electron chi connectivity index (χ2n) is 9.39. The van der Waals surface area contributed by atoms with Crippen LogP contribution in [0.3, 0.4) is 0 Å². The average molecular weight is 454 g/mol. The SMILES string of the molecule is Cc1c(C)c(C)c(-c2ccccc2-c2cnc(-c3ccccc3)cc2-c2ccccc2)c(C)c1C. The third-order valence-corrected chi connectivity index (χ3v) is 7.54. The number of rotatable bonds is 4. The average Bonchev–Trinajstić information content (AvgIpc) is 2.92. The molecule has 0 saturated heterocycles. The Morgan fingerprint density at radius 2 is 0.914 bits per heavy atom. The van der Waals surface area contributed by atoms with Gasteiger partial charge < -0.3 is 0 Å². The van der Waals surface area contributed by atoms with Gasteiger partial charge in [-0.25, -0.2) is 0 Å². The van der Waals surface area contributed by atoms with Gasteiger partial charge in [-0.3, -0.25) is 4.98 Å². The lowest BCUT2D eigenvalue weighted by Crippen LogP contribution is -2.01. The molecule has 1 heterocycles. The van der Waals surface area contributed by atoms with Gasteiger partial charge in [-0.15, -0.1) is 0 Å². The van der Waals surface area contributed by atoms with Crippen molar-refractivity contribution < 1.29 is 0 Å². The zero-order valence-corrected chi connectivity index (χ0v) is 21.2. The molecule has 5 rings (SSSR count). The molecule has 1 nitrogen and oxygen atoms in total. The second-order valence-corrected chi connectivity index (χ2v) is 9.39. The summed E-state index contributed by atoms with van der Waals surface area (Å²) >= 11 is 0. The van der Waals surface area contributed by atoms with Crippen LogP contribution in [0.25, 0.3) is 44.6 Å². The molecule has 172 valence electrons. The van der Waals surface area contributed by atoms with Gasteiger partial charge in [0, 0.05) is 17.3 Å². The maximum Gasteiger partial charge on any atom is 0.0708 e. The Labute approximate surface area is 209 Å². The van der Waals surface area contributed by atoms with Crippen molar-refractivity contribution >= 4 is 0 Å². The van der Waals surface area contributed by atoms with E-state index in [-0.39, 0.29) is 0 Å². The van der Waals surface area contributed by atoms with Gasteiger partial charge in [-0.1, -0.05) is 84.9 Å². The van der Waals surface area contributed by atoms with E-state index in [2.05, 4.69) is 126 Å². The van der Waals surface area contributed by atoms with E-state index < -0.39 is 0 Å². The Morgan fingerprint density at radius 3 is 1.51 bits per heavy atom. The quantitative estimate of drug-likeness (QED) is 0.264. The van der Waals surface area contributed by atoms with Crippen molar-refractivity contribution in [2.45, 2.75) is 34.6 Å². The lowest BCUT2D eigenvalue weighted by Gasteiger charge is -2.22. The normalized spacial score (nSPS) is 11.0. The number of benzene rings is 4. The van der Waals surface area contributed by atoms with Gasteiger partial charge in [-0.2, -0.15) is 0 Å². The highest BCUT2D eigenvalue weighted by Crippen LogP contribution is 2.42. The fourth-order valence-corrected chi connectivity index (χ4v) is 5.13. The van der Waals surface area contributed by atoms with Crippen molar-refractivity contribution in [3.63, 3.8) is 0 Å². The van der Waals surface area contributed by atoms with Crippen molar-refractivity contribution in [1.29, 1.82) is 0 Å². The van der Waals surface area contributed by atoms with Crippen LogP contribution in [-0.2, 0) is 0 Å². The number of nitrogens with zero attached hydrogens (tertiary/aromatic N) is 1. The molecule has 5 aromatic rings. The fourth-order valence-electron chi connectivity index (χ4n) is 5.13. The molecule has 0 amide bonds. The van der Waals surface area contributed by atoms with E-state index in [0.717, 1.165) is 16.8 Å². The van der Waals surface area contributed by atoms with Crippen LogP contribution in [0.1, 0.15) is 27.8 Å². The van der Waals surface area contributed by atoms with Crippen molar-refractivity contribution in [3.8, 4) is 44.6 Å². The van der Waals surface area contributed by atoms with E-state index in [4.69, 9.17) is 4.98 Å². The lowest BCUT2D eigenvalue weighted by molar-refractivity contribution is 1.18. The fraction of sp³-hybridized carbons (Fsp3) is 0.147. The van der Waals surface area contributed by atoms with Gasteiger partial charge in [0.25, 0.3) is 0 Å². The van der Waals surface area contributed by atoms with Crippen LogP contribution in [0.15, 0.2) is 97.2 Å². The second kappa shape index (κ2) is 9.35. The van der Waals surface area contributed by atoms with Crippen molar-refractivity contribution in [1.82, 2.24) is 4.98 Å². The summed E-state index contributed by atoms with van der Waals surface area (Å²) < 4.78 is 0.